The molecule has 1 N–H and O–H groups in total. The Hall–Kier alpha value is -2.62. The molecule has 5 rings (SSSR count). The molecule has 1 aliphatic carbocycles. The van der Waals surface area contributed by atoms with Crippen LogP contribution in [0, 0.1) is 10.8 Å². The van der Waals surface area contributed by atoms with Crippen molar-refractivity contribution in [2.24, 2.45) is 10.8 Å². The molecule has 0 aromatic heterocycles. The van der Waals surface area contributed by atoms with E-state index in [-0.39, 0.29) is 10.8 Å². The highest BCUT2D eigenvalue weighted by molar-refractivity contribution is 5.69. The summed E-state index contributed by atoms with van der Waals surface area (Å²) in [4.78, 5) is 5.10. The van der Waals surface area contributed by atoms with Gasteiger partial charge >= 0.3 is 0 Å². The van der Waals surface area contributed by atoms with Crippen molar-refractivity contribution in [3.05, 3.63) is 90.5 Å². The van der Waals surface area contributed by atoms with Crippen LogP contribution in [0.1, 0.15) is 33.3 Å². The number of anilines is 1. The number of piperazine rings is 1. The molecule has 0 bridgehead atoms. The Balaban J connectivity index is 1.44. The summed E-state index contributed by atoms with van der Waals surface area (Å²) in [6.45, 7) is 13.1. The maximum absolute atomic E-state index is 12.5. The Morgan fingerprint density at radius 3 is 1.79 bits per heavy atom. The molecule has 0 atom stereocenters. The van der Waals surface area contributed by atoms with Crippen molar-refractivity contribution < 1.29 is 5.11 Å². The molecule has 172 valence electrons. The van der Waals surface area contributed by atoms with E-state index in [0.29, 0.717) is 6.04 Å². The normalized spacial score (nSPS) is 26.6. The molecule has 1 saturated carbocycles. The minimum atomic E-state index is -0.923. The number of aliphatic hydroxyl groups is 1. The molecular formula is C30H36N2O. The molecule has 1 aliphatic heterocycles. The molecule has 1 saturated heterocycles. The monoisotopic (exact) mass is 440 g/mol. The molecule has 1 heterocycles. The summed E-state index contributed by atoms with van der Waals surface area (Å²) in [5.41, 5.74) is 3.16. The van der Waals surface area contributed by atoms with E-state index in [9.17, 15) is 5.11 Å². The number of rotatable bonds is 4. The van der Waals surface area contributed by atoms with E-state index in [0.717, 1.165) is 42.9 Å². The van der Waals surface area contributed by atoms with E-state index in [1.165, 1.54) is 5.69 Å². The quantitative estimate of drug-likeness (QED) is 0.556. The molecule has 33 heavy (non-hydrogen) atoms. The smallest absolute Gasteiger partial charge is 0.103 e. The van der Waals surface area contributed by atoms with E-state index in [1.54, 1.807) is 0 Å². The molecule has 0 radical (unpaired) electrons. The molecular weight excluding hydrogens is 404 g/mol. The van der Waals surface area contributed by atoms with Gasteiger partial charge in [0.2, 0.25) is 0 Å². The average Bonchev–Trinajstić information content (AvgIpc) is 2.84. The number of benzene rings is 3. The fraction of sp³-hybridized carbons (Fsp3) is 0.400. The van der Waals surface area contributed by atoms with Crippen LogP contribution in [0.2, 0.25) is 0 Å². The first-order valence-corrected chi connectivity index (χ1v) is 12.2. The lowest BCUT2D eigenvalue weighted by atomic mass is 9.39. The van der Waals surface area contributed by atoms with Crippen LogP contribution in [0.4, 0.5) is 5.69 Å². The number of nitrogens with zero attached hydrogens (tertiary/aromatic N) is 2. The van der Waals surface area contributed by atoms with Gasteiger partial charge in [-0.3, -0.25) is 4.90 Å². The Bertz CT molecular complexity index is 1080. The zero-order valence-electron chi connectivity index (χ0n) is 20.3. The van der Waals surface area contributed by atoms with E-state index >= 15 is 0 Å². The van der Waals surface area contributed by atoms with Crippen molar-refractivity contribution in [2.75, 3.05) is 31.1 Å². The fourth-order valence-corrected chi connectivity index (χ4v) is 7.20. The second-order valence-electron chi connectivity index (χ2n) is 10.8. The van der Waals surface area contributed by atoms with Crippen molar-refractivity contribution in [1.29, 1.82) is 0 Å². The van der Waals surface area contributed by atoms with Gasteiger partial charge in [0, 0.05) is 48.7 Å². The van der Waals surface area contributed by atoms with Crippen LogP contribution in [0.25, 0.3) is 11.1 Å². The SMILES string of the molecule is CC1(C)C(N2CCN(c3ccccc3)CC2)C(C)(C)C1(O)c1ccccc1-c1ccccc1. The maximum Gasteiger partial charge on any atom is 0.103 e. The van der Waals surface area contributed by atoms with Crippen LogP contribution in [0.3, 0.4) is 0 Å². The van der Waals surface area contributed by atoms with Crippen molar-refractivity contribution in [2.45, 2.75) is 39.3 Å². The Morgan fingerprint density at radius 2 is 1.18 bits per heavy atom. The fourth-order valence-electron chi connectivity index (χ4n) is 7.20. The van der Waals surface area contributed by atoms with Crippen molar-refractivity contribution in [1.82, 2.24) is 4.90 Å². The summed E-state index contributed by atoms with van der Waals surface area (Å²) >= 11 is 0. The summed E-state index contributed by atoms with van der Waals surface area (Å²) in [5.74, 6) is 0. The lowest BCUT2D eigenvalue weighted by Gasteiger charge is -2.73. The largest absolute Gasteiger partial charge is 0.384 e. The second kappa shape index (κ2) is 8.00. The van der Waals surface area contributed by atoms with Gasteiger partial charge in [0.15, 0.2) is 0 Å². The van der Waals surface area contributed by atoms with E-state index in [1.807, 2.05) is 6.07 Å². The van der Waals surface area contributed by atoms with Crippen LogP contribution in [0.15, 0.2) is 84.9 Å². The van der Waals surface area contributed by atoms with Crippen LogP contribution in [-0.4, -0.2) is 42.2 Å². The van der Waals surface area contributed by atoms with Gasteiger partial charge in [-0.25, -0.2) is 0 Å². The molecule has 3 aromatic carbocycles. The van der Waals surface area contributed by atoms with E-state index < -0.39 is 5.60 Å². The lowest BCUT2D eigenvalue weighted by Crippen LogP contribution is -2.79. The third-order valence-electron chi connectivity index (χ3n) is 8.43. The minimum absolute atomic E-state index is 0.281. The van der Waals surface area contributed by atoms with Crippen molar-refractivity contribution >= 4 is 5.69 Å². The van der Waals surface area contributed by atoms with Crippen LogP contribution in [0.5, 0.6) is 0 Å². The van der Waals surface area contributed by atoms with Gasteiger partial charge in [-0.2, -0.15) is 0 Å². The van der Waals surface area contributed by atoms with Crippen LogP contribution >= 0.6 is 0 Å². The summed E-state index contributed by atoms with van der Waals surface area (Å²) in [6.07, 6.45) is 0. The predicted octanol–water partition coefficient (Wildman–Crippen LogP) is 5.80. The molecule has 3 aromatic rings. The zero-order valence-corrected chi connectivity index (χ0v) is 20.3. The van der Waals surface area contributed by atoms with Gasteiger partial charge in [-0.1, -0.05) is 100 Å². The van der Waals surface area contributed by atoms with Gasteiger partial charge in [0.25, 0.3) is 0 Å². The zero-order chi connectivity index (χ0) is 23.3. The number of hydrogen-bond donors (Lipinski definition) is 1. The van der Waals surface area contributed by atoms with Crippen LogP contribution < -0.4 is 4.90 Å². The first-order chi connectivity index (χ1) is 15.8. The average molecular weight is 441 g/mol. The molecule has 0 spiro atoms. The van der Waals surface area contributed by atoms with Gasteiger partial charge in [-0.05, 0) is 28.8 Å². The van der Waals surface area contributed by atoms with Gasteiger partial charge in [0.05, 0.1) is 0 Å². The summed E-state index contributed by atoms with van der Waals surface area (Å²) in [7, 11) is 0. The molecule has 3 nitrogen and oxygen atoms in total. The van der Waals surface area contributed by atoms with E-state index in [4.69, 9.17) is 0 Å². The predicted molar refractivity (Wildman–Crippen MR) is 137 cm³/mol. The van der Waals surface area contributed by atoms with E-state index in [2.05, 4.69) is 116 Å². The van der Waals surface area contributed by atoms with Gasteiger partial charge < -0.3 is 10.0 Å². The summed E-state index contributed by atoms with van der Waals surface area (Å²) < 4.78 is 0. The van der Waals surface area contributed by atoms with Crippen LogP contribution in [-0.2, 0) is 5.60 Å². The maximum atomic E-state index is 12.5. The Morgan fingerprint density at radius 1 is 0.667 bits per heavy atom. The first-order valence-electron chi connectivity index (χ1n) is 12.2. The minimum Gasteiger partial charge on any atom is -0.384 e. The summed E-state index contributed by atoms with van der Waals surface area (Å²) in [5, 5.41) is 12.5. The van der Waals surface area contributed by atoms with Gasteiger partial charge in [-0.15, -0.1) is 0 Å². The highest BCUT2D eigenvalue weighted by atomic mass is 16.3. The molecule has 2 aliphatic rings. The standard InChI is InChI=1S/C30H36N2O/c1-28(2)27(32-21-19-31(20-22-32)24-15-9-6-10-16-24)29(3,4)30(28,33)26-18-12-11-17-25(26)23-13-7-5-8-14-23/h5-18,27,33H,19-22H2,1-4H3. The van der Waals surface area contributed by atoms with Gasteiger partial charge in [0.1, 0.15) is 5.60 Å². The Kier molecular flexibility index (Phi) is 5.38. The molecule has 3 heteroatoms. The van der Waals surface area contributed by atoms with Crippen molar-refractivity contribution in [3.63, 3.8) is 0 Å². The third kappa shape index (κ3) is 3.25. The molecule has 0 unspecified atom stereocenters. The topological polar surface area (TPSA) is 26.7 Å². The third-order valence-corrected chi connectivity index (χ3v) is 8.43. The molecule has 2 fully saturated rings. The first kappa shape index (κ1) is 22.2. The van der Waals surface area contributed by atoms with Crippen molar-refractivity contribution in [3.8, 4) is 11.1 Å². The summed E-state index contributed by atoms with van der Waals surface area (Å²) in [6, 6.07) is 29.9. The number of para-hydroxylation sites is 1. The highest BCUT2D eigenvalue weighted by Crippen LogP contribution is 2.69. The highest BCUT2D eigenvalue weighted by Gasteiger charge is 2.73. The molecule has 0 amide bonds. The second-order valence-corrected chi connectivity index (χ2v) is 10.8. The Labute approximate surface area is 198 Å². The lowest BCUT2D eigenvalue weighted by molar-refractivity contribution is -0.307. The number of hydrogen-bond acceptors (Lipinski definition) is 3.